The zero-order valence-corrected chi connectivity index (χ0v) is 13.7. The molecule has 7 heteroatoms. The van der Waals surface area contributed by atoms with Gasteiger partial charge in [-0.15, -0.1) is 0 Å². The van der Waals surface area contributed by atoms with Gasteiger partial charge in [0.1, 0.15) is 5.52 Å². The van der Waals surface area contributed by atoms with Crippen LogP contribution in [0.2, 0.25) is 0 Å². The highest BCUT2D eigenvalue weighted by Gasteiger charge is 2.21. The van der Waals surface area contributed by atoms with Gasteiger partial charge in [0.15, 0.2) is 11.5 Å². The van der Waals surface area contributed by atoms with Crippen molar-refractivity contribution >= 4 is 51.0 Å². The standard InChI is InChI=1S/C15H12IN3O3/c1-8-17-14-11(22-8)7-10(12(13(14)16)15(20)19-21)18-9-5-3-2-4-6-9/h2-7,18,21H,1H3,(H,19,20). The molecule has 1 aromatic heterocycles. The molecular formula is C15H12IN3O3. The first-order valence-electron chi connectivity index (χ1n) is 6.46. The summed E-state index contributed by atoms with van der Waals surface area (Å²) in [6.07, 6.45) is 0. The summed E-state index contributed by atoms with van der Waals surface area (Å²) in [7, 11) is 0. The van der Waals surface area contributed by atoms with Crippen LogP contribution < -0.4 is 10.8 Å². The van der Waals surface area contributed by atoms with E-state index in [2.05, 4.69) is 10.3 Å². The van der Waals surface area contributed by atoms with Crippen molar-refractivity contribution in [2.75, 3.05) is 5.32 Å². The molecule has 6 nitrogen and oxygen atoms in total. The molecular weight excluding hydrogens is 397 g/mol. The number of benzene rings is 2. The Labute approximate surface area is 139 Å². The number of hydrogen-bond donors (Lipinski definition) is 3. The second-order valence-electron chi connectivity index (χ2n) is 4.62. The summed E-state index contributed by atoms with van der Waals surface area (Å²) in [4.78, 5) is 16.3. The number of nitrogens with zero attached hydrogens (tertiary/aromatic N) is 1. The molecule has 1 amide bonds. The number of nitrogens with one attached hydrogen (secondary N) is 2. The van der Waals surface area contributed by atoms with E-state index in [-0.39, 0.29) is 0 Å². The highest BCUT2D eigenvalue weighted by Crippen LogP contribution is 2.32. The lowest BCUT2D eigenvalue weighted by Crippen LogP contribution is -2.21. The largest absolute Gasteiger partial charge is 0.441 e. The lowest BCUT2D eigenvalue weighted by atomic mass is 10.1. The molecule has 3 rings (SSSR count). The number of para-hydroxylation sites is 1. The molecule has 0 atom stereocenters. The molecule has 0 saturated carbocycles. The van der Waals surface area contributed by atoms with Crippen molar-refractivity contribution in [2.45, 2.75) is 6.92 Å². The van der Waals surface area contributed by atoms with Crippen LogP contribution in [0, 0.1) is 10.5 Å². The van der Waals surface area contributed by atoms with E-state index in [9.17, 15) is 4.79 Å². The number of fused-ring (bicyclic) bond motifs is 1. The zero-order valence-electron chi connectivity index (χ0n) is 11.6. The predicted molar refractivity (Wildman–Crippen MR) is 90.4 cm³/mol. The third kappa shape index (κ3) is 2.64. The Bertz CT molecular complexity index is 846. The normalized spacial score (nSPS) is 10.7. The van der Waals surface area contributed by atoms with Crippen molar-refractivity contribution in [3.8, 4) is 0 Å². The molecule has 0 aliphatic heterocycles. The van der Waals surface area contributed by atoms with Crippen LogP contribution in [0.25, 0.3) is 11.1 Å². The van der Waals surface area contributed by atoms with E-state index in [1.165, 1.54) is 0 Å². The van der Waals surface area contributed by atoms with E-state index in [4.69, 9.17) is 9.62 Å². The van der Waals surface area contributed by atoms with E-state index in [1.807, 2.05) is 52.9 Å². The van der Waals surface area contributed by atoms with Gasteiger partial charge >= 0.3 is 0 Å². The summed E-state index contributed by atoms with van der Waals surface area (Å²) >= 11 is 2.02. The van der Waals surface area contributed by atoms with Crippen molar-refractivity contribution in [1.29, 1.82) is 0 Å². The molecule has 0 spiro atoms. The number of oxazole rings is 1. The summed E-state index contributed by atoms with van der Waals surface area (Å²) in [5, 5.41) is 12.2. The minimum atomic E-state index is -0.606. The fraction of sp³-hybridized carbons (Fsp3) is 0.0667. The third-order valence-corrected chi connectivity index (χ3v) is 4.16. The fourth-order valence-corrected chi connectivity index (χ4v) is 3.11. The maximum Gasteiger partial charge on any atom is 0.277 e. The van der Waals surface area contributed by atoms with Crippen molar-refractivity contribution in [1.82, 2.24) is 10.5 Å². The van der Waals surface area contributed by atoms with E-state index >= 15 is 0 Å². The number of amides is 1. The molecule has 22 heavy (non-hydrogen) atoms. The first-order chi connectivity index (χ1) is 10.6. The fourth-order valence-electron chi connectivity index (χ4n) is 2.19. The van der Waals surface area contributed by atoms with Gasteiger partial charge in [0.05, 0.1) is 14.8 Å². The Morgan fingerprint density at radius 1 is 1.32 bits per heavy atom. The molecule has 3 aromatic rings. The maximum absolute atomic E-state index is 12.0. The number of rotatable bonds is 3. The van der Waals surface area contributed by atoms with Crippen LogP contribution in [-0.2, 0) is 0 Å². The van der Waals surface area contributed by atoms with Gasteiger partial charge in [-0.1, -0.05) is 18.2 Å². The summed E-state index contributed by atoms with van der Waals surface area (Å²) < 4.78 is 6.15. The number of carbonyl (C=O) groups is 1. The third-order valence-electron chi connectivity index (χ3n) is 3.11. The second kappa shape index (κ2) is 5.93. The van der Waals surface area contributed by atoms with Crippen LogP contribution in [-0.4, -0.2) is 16.1 Å². The minimum Gasteiger partial charge on any atom is -0.441 e. The van der Waals surface area contributed by atoms with Crippen LogP contribution in [0.15, 0.2) is 40.8 Å². The van der Waals surface area contributed by atoms with E-state index < -0.39 is 5.91 Å². The number of aromatic nitrogens is 1. The molecule has 1 heterocycles. The van der Waals surface area contributed by atoms with Gasteiger partial charge in [-0.2, -0.15) is 0 Å². The molecule has 0 radical (unpaired) electrons. The highest BCUT2D eigenvalue weighted by atomic mass is 127. The first kappa shape index (κ1) is 14.8. The quantitative estimate of drug-likeness (QED) is 0.350. The van der Waals surface area contributed by atoms with Gasteiger partial charge in [0, 0.05) is 18.7 Å². The van der Waals surface area contributed by atoms with Crippen molar-refractivity contribution in [3.05, 3.63) is 51.4 Å². The highest BCUT2D eigenvalue weighted by molar-refractivity contribution is 14.1. The molecule has 0 aliphatic rings. The van der Waals surface area contributed by atoms with Crippen LogP contribution in [0.5, 0.6) is 0 Å². The number of carbonyl (C=O) groups excluding carboxylic acids is 1. The summed E-state index contributed by atoms with van der Waals surface area (Å²) in [5.74, 6) is -0.0921. The van der Waals surface area contributed by atoms with Crippen molar-refractivity contribution in [3.63, 3.8) is 0 Å². The number of hydrogen-bond acceptors (Lipinski definition) is 5. The van der Waals surface area contributed by atoms with Gasteiger partial charge in [-0.05, 0) is 34.7 Å². The van der Waals surface area contributed by atoms with Crippen LogP contribution in [0.3, 0.4) is 0 Å². The maximum atomic E-state index is 12.0. The SMILES string of the molecule is Cc1nc2c(I)c(C(=O)NO)c(Nc3ccccc3)cc2o1. The molecule has 0 bridgehead atoms. The lowest BCUT2D eigenvalue weighted by molar-refractivity contribution is 0.0706. The van der Waals surface area contributed by atoms with Crippen LogP contribution in [0.4, 0.5) is 11.4 Å². The van der Waals surface area contributed by atoms with Crippen LogP contribution >= 0.6 is 22.6 Å². The topological polar surface area (TPSA) is 87.4 Å². The molecule has 0 aliphatic carbocycles. The zero-order chi connectivity index (χ0) is 15.7. The molecule has 2 aromatic carbocycles. The molecule has 3 N–H and O–H groups in total. The van der Waals surface area contributed by atoms with Crippen LogP contribution in [0.1, 0.15) is 16.2 Å². The van der Waals surface area contributed by atoms with Crippen molar-refractivity contribution < 1.29 is 14.4 Å². The Morgan fingerprint density at radius 2 is 2.05 bits per heavy atom. The second-order valence-corrected chi connectivity index (χ2v) is 5.70. The molecule has 0 saturated heterocycles. The number of anilines is 2. The average molecular weight is 409 g/mol. The van der Waals surface area contributed by atoms with E-state index in [1.54, 1.807) is 18.5 Å². The molecule has 0 fully saturated rings. The molecule has 112 valence electrons. The summed E-state index contributed by atoms with van der Waals surface area (Å²) in [6.45, 7) is 1.74. The van der Waals surface area contributed by atoms with Gasteiger partial charge in [-0.3, -0.25) is 10.0 Å². The Kier molecular flexibility index (Phi) is 3.99. The monoisotopic (exact) mass is 409 g/mol. The Balaban J connectivity index is 2.20. The number of halogens is 1. The van der Waals surface area contributed by atoms with E-state index in [0.29, 0.717) is 31.8 Å². The Morgan fingerprint density at radius 3 is 2.73 bits per heavy atom. The van der Waals surface area contributed by atoms with E-state index in [0.717, 1.165) is 5.69 Å². The number of hydroxylamine groups is 1. The minimum absolute atomic E-state index is 0.313. The predicted octanol–water partition coefficient (Wildman–Crippen LogP) is 3.60. The van der Waals surface area contributed by atoms with Gasteiger partial charge in [-0.25, -0.2) is 10.5 Å². The van der Waals surface area contributed by atoms with Crippen molar-refractivity contribution in [2.24, 2.45) is 0 Å². The van der Waals surface area contributed by atoms with Gasteiger partial charge in [0.2, 0.25) is 0 Å². The summed E-state index contributed by atoms with van der Waals surface area (Å²) in [5.41, 5.74) is 4.52. The number of aryl methyl sites for hydroxylation is 1. The molecule has 0 unspecified atom stereocenters. The first-order valence-corrected chi connectivity index (χ1v) is 7.54. The smallest absolute Gasteiger partial charge is 0.277 e. The summed E-state index contributed by atoms with van der Waals surface area (Å²) in [6, 6.07) is 11.1. The average Bonchev–Trinajstić information content (AvgIpc) is 2.89. The van der Waals surface area contributed by atoms with Gasteiger partial charge in [0.25, 0.3) is 5.91 Å². The van der Waals surface area contributed by atoms with Gasteiger partial charge < -0.3 is 9.73 Å². The lowest BCUT2D eigenvalue weighted by Gasteiger charge is -2.12. The Hall–Kier alpha value is -2.13.